The lowest BCUT2D eigenvalue weighted by Crippen LogP contribution is -2.09. The van der Waals surface area contributed by atoms with E-state index in [1.54, 1.807) is 6.07 Å². The van der Waals surface area contributed by atoms with Crippen LogP contribution in [0.5, 0.6) is 0 Å². The minimum atomic E-state index is -4.75. The molecule has 0 atom stereocenters. The quantitative estimate of drug-likeness (QED) is 0.797. The first kappa shape index (κ1) is 12.0. The molecular weight excluding hydrogens is 252 g/mol. The molecule has 0 saturated carbocycles. The molecule has 0 aliphatic carbocycles. The molecule has 8 heteroatoms. The van der Waals surface area contributed by atoms with Crippen LogP contribution in [0.25, 0.3) is 11.3 Å². The molecule has 0 aliphatic rings. The maximum absolute atomic E-state index is 13.6. The maximum Gasteiger partial charge on any atom is 0.417 e. The Labute approximate surface area is 97.9 Å². The Morgan fingerprint density at radius 2 is 2.00 bits per heavy atom. The van der Waals surface area contributed by atoms with Gasteiger partial charge in [0.2, 0.25) is 0 Å². The molecule has 0 radical (unpaired) electrons. The molecule has 2 aromatic rings. The fraction of sp³-hybridized carbons (Fsp3) is 0.100. The van der Waals surface area contributed by atoms with Crippen LogP contribution in [0.2, 0.25) is 0 Å². The van der Waals surface area contributed by atoms with Crippen molar-refractivity contribution in [3.8, 4) is 17.3 Å². The Bertz CT molecular complexity index is 624. The Morgan fingerprint density at radius 3 is 2.61 bits per heavy atom. The molecule has 0 unspecified atom stereocenters. The number of aromatic nitrogens is 3. The fourth-order valence-corrected chi connectivity index (χ4v) is 1.48. The number of aromatic amines is 1. The van der Waals surface area contributed by atoms with Crippen LogP contribution in [-0.2, 0) is 6.18 Å². The van der Waals surface area contributed by atoms with Gasteiger partial charge in [0.25, 0.3) is 0 Å². The normalized spacial score (nSPS) is 11.3. The van der Waals surface area contributed by atoms with Crippen LogP contribution in [0.3, 0.4) is 0 Å². The Hall–Kier alpha value is -2.43. The minimum absolute atomic E-state index is 0.328. The molecule has 0 aliphatic heterocycles. The van der Waals surface area contributed by atoms with E-state index in [1.807, 2.05) is 0 Å². The summed E-state index contributed by atoms with van der Waals surface area (Å²) in [4.78, 5) is 0. The van der Waals surface area contributed by atoms with Crippen molar-refractivity contribution in [2.24, 2.45) is 0 Å². The van der Waals surface area contributed by atoms with Crippen LogP contribution in [0, 0.1) is 17.1 Å². The van der Waals surface area contributed by atoms with E-state index in [0.717, 1.165) is 12.1 Å². The molecule has 0 fully saturated rings. The number of nitrogens with zero attached hydrogens (tertiary/aromatic N) is 3. The van der Waals surface area contributed by atoms with Crippen LogP contribution in [0.1, 0.15) is 11.3 Å². The summed E-state index contributed by atoms with van der Waals surface area (Å²) < 4.78 is 51.8. The summed E-state index contributed by atoms with van der Waals surface area (Å²) in [7, 11) is 0. The van der Waals surface area contributed by atoms with Crippen molar-refractivity contribution in [1.82, 2.24) is 15.4 Å². The summed E-state index contributed by atoms with van der Waals surface area (Å²) in [6.07, 6.45) is -4.75. The van der Waals surface area contributed by atoms with Gasteiger partial charge in [0.05, 0.1) is 11.1 Å². The van der Waals surface area contributed by atoms with Gasteiger partial charge in [0.1, 0.15) is 17.6 Å². The third-order valence-electron chi connectivity index (χ3n) is 2.22. The summed E-state index contributed by atoms with van der Waals surface area (Å²) in [5.41, 5.74) is -2.77. The molecule has 92 valence electrons. The molecule has 2 rings (SSSR count). The first-order valence-corrected chi connectivity index (χ1v) is 4.62. The van der Waals surface area contributed by atoms with Crippen LogP contribution >= 0.6 is 0 Å². The summed E-state index contributed by atoms with van der Waals surface area (Å²) in [5.74, 6) is -1.12. The van der Waals surface area contributed by atoms with Gasteiger partial charge >= 0.3 is 6.18 Å². The second-order valence-corrected chi connectivity index (χ2v) is 3.31. The molecule has 0 saturated heterocycles. The number of halogens is 4. The monoisotopic (exact) mass is 256 g/mol. The van der Waals surface area contributed by atoms with Crippen LogP contribution in [0.15, 0.2) is 18.2 Å². The van der Waals surface area contributed by atoms with E-state index in [0.29, 0.717) is 6.07 Å². The van der Waals surface area contributed by atoms with E-state index in [1.165, 1.54) is 0 Å². The van der Waals surface area contributed by atoms with E-state index in [2.05, 4.69) is 15.4 Å². The third kappa shape index (κ3) is 1.90. The Morgan fingerprint density at radius 1 is 1.28 bits per heavy atom. The molecule has 4 nitrogen and oxygen atoms in total. The fourth-order valence-electron chi connectivity index (χ4n) is 1.48. The topological polar surface area (TPSA) is 65.4 Å². The summed E-state index contributed by atoms with van der Waals surface area (Å²) >= 11 is 0. The lowest BCUT2D eigenvalue weighted by molar-refractivity contribution is -0.137. The second-order valence-electron chi connectivity index (χ2n) is 3.31. The van der Waals surface area contributed by atoms with Crippen molar-refractivity contribution < 1.29 is 17.6 Å². The van der Waals surface area contributed by atoms with Gasteiger partial charge in [0.15, 0.2) is 5.69 Å². The Balaban J connectivity index is 2.76. The SMILES string of the molecule is N#Cc1[nH]nnc1-c1c(F)cccc1C(F)(F)F. The lowest BCUT2D eigenvalue weighted by Gasteiger charge is -2.11. The van der Waals surface area contributed by atoms with Gasteiger partial charge in [-0.1, -0.05) is 11.3 Å². The van der Waals surface area contributed by atoms with Crippen LogP contribution < -0.4 is 0 Å². The number of hydrogen-bond acceptors (Lipinski definition) is 3. The molecular formula is C10H4F4N4. The van der Waals surface area contributed by atoms with E-state index >= 15 is 0 Å². The molecule has 18 heavy (non-hydrogen) atoms. The first-order valence-electron chi connectivity index (χ1n) is 4.62. The van der Waals surface area contributed by atoms with Gasteiger partial charge in [-0.15, -0.1) is 5.10 Å². The molecule has 1 heterocycles. The maximum atomic E-state index is 13.6. The average Bonchev–Trinajstić information content (AvgIpc) is 2.75. The number of alkyl halides is 3. The first-order chi connectivity index (χ1) is 8.45. The largest absolute Gasteiger partial charge is 0.417 e. The van der Waals surface area contributed by atoms with E-state index in [-0.39, 0.29) is 5.69 Å². The number of hydrogen-bond donors (Lipinski definition) is 1. The van der Waals surface area contributed by atoms with Crippen molar-refractivity contribution in [3.05, 3.63) is 35.3 Å². The standard InChI is InChI=1S/C10H4F4N4/c11-6-3-1-2-5(10(12,13)14)8(6)9-7(4-15)16-18-17-9/h1-3H,(H,16,17,18). The molecule has 1 aromatic carbocycles. The zero-order valence-corrected chi connectivity index (χ0v) is 8.59. The van der Waals surface area contributed by atoms with Gasteiger partial charge in [-0.25, -0.2) is 9.49 Å². The summed E-state index contributed by atoms with van der Waals surface area (Å²) in [6.45, 7) is 0. The summed E-state index contributed by atoms with van der Waals surface area (Å²) in [5, 5.41) is 17.3. The highest BCUT2D eigenvalue weighted by Crippen LogP contribution is 2.38. The molecule has 0 spiro atoms. The minimum Gasteiger partial charge on any atom is -0.247 e. The zero-order chi connectivity index (χ0) is 13.3. The van der Waals surface area contributed by atoms with Crippen molar-refractivity contribution in [2.75, 3.05) is 0 Å². The number of rotatable bonds is 1. The molecule has 1 aromatic heterocycles. The average molecular weight is 256 g/mol. The number of benzene rings is 1. The van der Waals surface area contributed by atoms with Gasteiger partial charge in [0, 0.05) is 0 Å². The smallest absolute Gasteiger partial charge is 0.247 e. The third-order valence-corrected chi connectivity index (χ3v) is 2.22. The van der Waals surface area contributed by atoms with Crippen molar-refractivity contribution in [1.29, 1.82) is 5.26 Å². The highest BCUT2D eigenvalue weighted by molar-refractivity contribution is 5.69. The highest BCUT2D eigenvalue weighted by atomic mass is 19.4. The van der Waals surface area contributed by atoms with Gasteiger partial charge < -0.3 is 0 Å². The van der Waals surface area contributed by atoms with Crippen molar-refractivity contribution in [2.45, 2.75) is 6.18 Å². The predicted molar refractivity (Wildman–Crippen MR) is 51.5 cm³/mol. The van der Waals surface area contributed by atoms with Crippen LogP contribution in [0.4, 0.5) is 17.6 Å². The van der Waals surface area contributed by atoms with E-state index < -0.39 is 28.8 Å². The molecule has 0 amide bonds. The molecule has 0 bridgehead atoms. The summed E-state index contributed by atoms with van der Waals surface area (Å²) in [6, 6.07) is 4.08. The number of nitriles is 1. The van der Waals surface area contributed by atoms with Crippen LogP contribution in [-0.4, -0.2) is 15.4 Å². The van der Waals surface area contributed by atoms with E-state index in [9.17, 15) is 17.6 Å². The zero-order valence-electron chi connectivity index (χ0n) is 8.59. The predicted octanol–water partition coefficient (Wildman–Crippen LogP) is 2.50. The van der Waals surface area contributed by atoms with Gasteiger partial charge in [-0.2, -0.15) is 18.4 Å². The number of H-pyrrole nitrogens is 1. The lowest BCUT2D eigenvalue weighted by atomic mass is 10.0. The van der Waals surface area contributed by atoms with Crippen molar-refractivity contribution >= 4 is 0 Å². The molecule has 1 N–H and O–H groups in total. The second kappa shape index (κ2) is 4.10. The highest BCUT2D eigenvalue weighted by Gasteiger charge is 2.36. The van der Waals surface area contributed by atoms with E-state index in [4.69, 9.17) is 5.26 Å². The number of nitrogens with one attached hydrogen (secondary N) is 1. The van der Waals surface area contributed by atoms with Crippen molar-refractivity contribution in [3.63, 3.8) is 0 Å². The van der Waals surface area contributed by atoms with Gasteiger partial charge in [-0.05, 0) is 12.1 Å². The Kier molecular flexibility index (Phi) is 2.74. The van der Waals surface area contributed by atoms with Gasteiger partial charge in [-0.3, -0.25) is 0 Å².